The number of fused-ring (bicyclic) bond motifs is 1. The minimum absolute atomic E-state index is 0.142. The van der Waals surface area contributed by atoms with Crippen molar-refractivity contribution in [2.24, 2.45) is 0 Å². The summed E-state index contributed by atoms with van der Waals surface area (Å²) in [5.74, 6) is -0.142. The molecule has 2 unspecified atom stereocenters. The van der Waals surface area contributed by atoms with Crippen molar-refractivity contribution in [2.75, 3.05) is 33.2 Å². The van der Waals surface area contributed by atoms with Crippen molar-refractivity contribution >= 4 is 34.9 Å². The van der Waals surface area contributed by atoms with Gasteiger partial charge in [0, 0.05) is 31.7 Å². The molecule has 2 aliphatic rings. The Bertz CT molecular complexity index is 950. The van der Waals surface area contributed by atoms with Crippen LogP contribution in [0.3, 0.4) is 0 Å². The van der Waals surface area contributed by atoms with E-state index >= 15 is 0 Å². The Hall–Kier alpha value is -2.13. The van der Waals surface area contributed by atoms with E-state index in [0.29, 0.717) is 15.0 Å². The number of aliphatic hydroxyl groups is 1. The number of rotatable bonds is 3. The summed E-state index contributed by atoms with van der Waals surface area (Å²) in [4.78, 5) is 29.0. The van der Waals surface area contributed by atoms with Gasteiger partial charge in [0.1, 0.15) is 0 Å². The van der Waals surface area contributed by atoms with Crippen LogP contribution in [0, 0.1) is 0 Å². The molecule has 30 heavy (non-hydrogen) atoms. The number of likely N-dealkylation sites (tertiary alicyclic amines) is 1. The summed E-state index contributed by atoms with van der Waals surface area (Å²) in [7, 11) is 2.11. The number of nitrogens with one attached hydrogen (secondary N) is 1. The number of carbonyl (C=O) groups excluding carboxylic acids is 2. The van der Waals surface area contributed by atoms with Gasteiger partial charge in [-0.15, -0.1) is 0 Å². The van der Waals surface area contributed by atoms with Gasteiger partial charge >= 0.3 is 6.09 Å². The number of benzene rings is 1. The Balaban J connectivity index is 1.38. The summed E-state index contributed by atoms with van der Waals surface area (Å²) in [6, 6.07) is 8.51. The van der Waals surface area contributed by atoms with Crippen LogP contribution >= 0.6 is 22.9 Å². The first-order valence-corrected chi connectivity index (χ1v) is 11.1. The second kappa shape index (κ2) is 8.93. The maximum Gasteiger partial charge on any atom is 0.413 e. The van der Waals surface area contributed by atoms with Crippen LogP contribution in [0.25, 0.3) is 0 Å². The molecule has 3 heterocycles. The smallest absolute Gasteiger partial charge is 0.399 e. The molecule has 1 saturated heterocycles. The van der Waals surface area contributed by atoms with Gasteiger partial charge in [0.25, 0.3) is 5.91 Å². The number of carbonyl (C=O) groups is 2. The largest absolute Gasteiger partial charge is 0.413 e. The van der Waals surface area contributed by atoms with Crippen molar-refractivity contribution in [1.82, 2.24) is 15.1 Å². The Morgan fingerprint density at radius 2 is 1.93 bits per heavy atom. The topological polar surface area (TPSA) is 82.1 Å². The average Bonchev–Trinajstić information content (AvgIpc) is 3.23. The lowest BCUT2D eigenvalue weighted by atomic mass is 9.99. The maximum atomic E-state index is 13.0. The normalized spacial score (nSPS) is 21.8. The number of hydrogen-bond acceptors (Lipinski definition) is 6. The molecule has 2 amide bonds. The number of hydrogen-bond donors (Lipinski definition) is 2. The van der Waals surface area contributed by atoms with Crippen molar-refractivity contribution in [3.05, 3.63) is 51.4 Å². The van der Waals surface area contributed by atoms with E-state index < -0.39 is 18.2 Å². The summed E-state index contributed by atoms with van der Waals surface area (Å²) >= 11 is 6.97. The van der Waals surface area contributed by atoms with E-state index in [1.807, 2.05) is 18.2 Å². The van der Waals surface area contributed by atoms with Crippen LogP contribution < -0.4 is 10.1 Å². The van der Waals surface area contributed by atoms with Gasteiger partial charge in [0.05, 0.1) is 16.5 Å². The van der Waals surface area contributed by atoms with Crippen molar-refractivity contribution in [3.63, 3.8) is 0 Å². The van der Waals surface area contributed by atoms with Crippen LogP contribution in [-0.4, -0.2) is 72.3 Å². The number of likely N-dealkylation sites (N-methyl/N-ethyl adjacent to an activating group) is 1. The molecule has 9 heteroatoms. The molecule has 2 N–H and O–H groups in total. The average molecular weight is 450 g/mol. The molecule has 1 aromatic heterocycles. The first kappa shape index (κ1) is 21.1. The van der Waals surface area contributed by atoms with Crippen LogP contribution in [0.1, 0.15) is 21.5 Å². The number of β-amino-alcohol motifs (C(OH)–C–C–N with tert-alkyl or cyclic N) is 1. The van der Waals surface area contributed by atoms with E-state index in [1.54, 1.807) is 17.0 Å². The Morgan fingerprint density at radius 3 is 2.67 bits per heavy atom. The van der Waals surface area contributed by atoms with Gasteiger partial charge < -0.3 is 25.0 Å². The number of aliphatic hydroxyl groups excluding tert-OH is 1. The third-order valence-corrected chi connectivity index (χ3v) is 6.71. The van der Waals surface area contributed by atoms with Gasteiger partial charge in [0.15, 0.2) is 5.06 Å². The molecule has 160 valence electrons. The van der Waals surface area contributed by atoms with E-state index in [0.717, 1.165) is 37.3 Å². The Morgan fingerprint density at radius 1 is 1.17 bits per heavy atom. The molecule has 2 aromatic rings. The van der Waals surface area contributed by atoms with Crippen LogP contribution in [-0.2, 0) is 12.8 Å². The number of ether oxygens (including phenoxy) is 1. The highest BCUT2D eigenvalue weighted by molar-refractivity contribution is 7.17. The van der Waals surface area contributed by atoms with Crippen molar-refractivity contribution in [1.29, 1.82) is 0 Å². The van der Waals surface area contributed by atoms with Gasteiger partial charge in [0.2, 0.25) is 0 Å². The standard InChI is InChI=1S/C21H24ClN3O4S/c1-24-8-6-13-2-3-15(10-14(13)7-9-24)20(27)25-11-16(17(26)12-25)23-21(28)29-19-5-4-18(22)30-19/h2-5,10,16-17,26H,6-9,11-12H2,1H3,(H,23,28). The SMILES string of the molecule is CN1CCc2ccc(C(=O)N3CC(O)C(NC(=O)Oc4ccc(Cl)s4)C3)cc2CC1. The molecular formula is C21H24ClN3O4S. The molecule has 0 spiro atoms. The molecule has 0 radical (unpaired) electrons. The van der Waals surface area contributed by atoms with Gasteiger partial charge in [-0.25, -0.2) is 4.79 Å². The number of amides is 2. The second-order valence-corrected chi connectivity index (χ2v) is 9.44. The zero-order valence-electron chi connectivity index (χ0n) is 16.6. The number of halogens is 1. The van der Waals surface area contributed by atoms with E-state index in [2.05, 4.69) is 17.3 Å². The van der Waals surface area contributed by atoms with Crippen molar-refractivity contribution in [2.45, 2.75) is 25.0 Å². The molecule has 4 rings (SSSR count). The zero-order chi connectivity index (χ0) is 21.3. The lowest BCUT2D eigenvalue weighted by Crippen LogP contribution is -2.44. The molecule has 1 aromatic carbocycles. The van der Waals surface area contributed by atoms with E-state index in [-0.39, 0.29) is 19.0 Å². The summed E-state index contributed by atoms with van der Waals surface area (Å²) in [5, 5.41) is 13.4. The van der Waals surface area contributed by atoms with Gasteiger partial charge in [-0.1, -0.05) is 29.0 Å². The van der Waals surface area contributed by atoms with Crippen LogP contribution in [0.5, 0.6) is 5.06 Å². The zero-order valence-corrected chi connectivity index (χ0v) is 18.2. The summed E-state index contributed by atoms with van der Waals surface area (Å²) in [6.45, 7) is 2.37. The predicted octanol–water partition coefficient (Wildman–Crippen LogP) is 2.41. The first-order chi connectivity index (χ1) is 14.4. The quantitative estimate of drug-likeness (QED) is 0.752. The lowest BCUT2D eigenvalue weighted by molar-refractivity contribution is 0.0765. The van der Waals surface area contributed by atoms with Crippen LogP contribution in [0.2, 0.25) is 4.34 Å². The van der Waals surface area contributed by atoms with Crippen molar-refractivity contribution in [3.8, 4) is 5.06 Å². The third-order valence-electron chi connectivity index (χ3n) is 5.60. The van der Waals surface area contributed by atoms with E-state index in [4.69, 9.17) is 16.3 Å². The van der Waals surface area contributed by atoms with Gasteiger partial charge in [-0.3, -0.25) is 4.79 Å². The molecule has 2 atom stereocenters. The highest BCUT2D eigenvalue weighted by Gasteiger charge is 2.36. The molecular weight excluding hydrogens is 426 g/mol. The monoisotopic (exact) mass is 449 g/mol. The van der Waals surface area contributed by atoms with Crippen molar-refractivity contribution < 1.29 is 19.4 Å². The highest BCUT2D eigenvalue weighted by atomic mass is 35.5. The third kappa shape index (κ3) is 4.78. The predicted molar refractivity (Wildman–Crippen MR) is 116 cm³/mol. The highest BCUT2D eigenvalue weighted by Crippen LogP contribution is 2.28. The lowest BCUT2D eigenvalue weighted by Gasteiger charge is -2.17. The fourth-order valence-electron chi connectivity index (χ4n) is 3.87. The van der Waals surface area contributed by atoms with Gasteiger partial charge in [-0.05, 0) is 55.3 Å². The minimum atomic E-state index is -0.858. The van der Waals surface area contributed by atoms with E-state index in [1.165, 1.54) is 11.1 Å². The molecule has 0 saturated carbocycles. The second-order valence-electron chi connectivity index (χ2n) is 7.76. The number of nitrogens with zero attached hydrogens (tertiary/aromatic N) is 2. The Labute approximate surface area is 184 Å². The summed E-state index contributed by atoms with van der Waals surface area (Å²) in [5.41, 5.74) is 3.10. The number of thiophene rings is 1. The Kier molecular flexibility index (Phi) is 6.29. The molecule has 0 aliphatic carbocycles. The fourth-order valence-corrected chi connectivity index (χ4v) is 4.74. The van der Waals surface area contributed by atoms with Crippen LogP contribution in [0.15, 0.2) is 30.3 Å². The fraction of sp³-hybridized carbons (Fsp3) is 0.429. The molecule has 7 nitrogen and oxygen atoms in total. The molecule has 0 bridgehead atoms. The van der Waals surface area contributed by atoms with Crippen LogP contribution in [0.4, 0.5) is 4.79 Å². The summed E-state index contributed by atoms with van der Waals surface area (Å²) in [6.07, 6.45) is 0.355. The first-order valence-electron chi connectivity index (χ1n) is 9.90. The molecule has 1 fully saturated rings. The van der Waals surface area contributed by atoms with E-state index in [9.17, 15) is 14.7 Å². The summed E-state index contributed by atoms with van der Waals surface area (Å²) < 4.78 is 5.69. The maximum absolute atomic E-state index is 13.0. The molecule has 2 aliphatic heterocycles. The van der Waals surface area contributed by atoms with Gasteiger partial charge in [-0.2, -0.15) is 0 Å². The minimum Gasteiger partial charge on any atom is -0.399 e.